The second-order valence-corrected chi connectivity index (χ2v) is 5.44. The van der Waals surface area contributed by atoms with Gasteiger partial charge in [0.1, 0.15) is 13.1 Å². The Morgan fingerprint density at radius 1 is 1.45 bits per heavy atom. The van der Waals surface area contributed by atoms with E-state index in [0.717, 1.165) is 0 Å². The van der Waals surface area contributed by atoms with Crippen molar-refractivity contribution >= 4 is 12.1 Å². The van der Waals surface area contributed by atoms with Crippen LogP contribution >= 0.6 is 0 Å². The van der Waals surface area contributed by atoms with E-state index < -0.39 is 28.3 Å². The average molecular weight is 281 g/mol. The van der Waals surface area contributed by atoms with Gasteiger partial charge in [-0.2, -0.15) is 0 Å². The Kier molecular flexibility index (Phi) is 3.52. The number of carboxylic acids is 1. The highest BCUT2D eigenvalue weighted by atomic mass is 19.1. The zero-order valence-electron chi connectivity index (χ0n) is 11.1. The SMILES string of the molecule is C[C@@]1(C(=O)O)C[C@H](F)C[N+]1(Cc1ccccc1)C(=O)[O-]. The number of alkyl halides is 1. The number of carboxylic acid groups (broad SMARTS) is 2. The van der Waals surface area contributed by atoms with Crippen LogP contribution in [0.1, 0.15) is 18.9 Å². The molecule has 6 heteroatoms. The van der Waals surface area contributed by atoms with Crippen LogP contribution in [0.2, 0.25) is 0 Å². The van der Waals surface area contributed by atoms with Crippen molar-refractivity contribution in [2.24, 2.45) is 0 Å². The molecule has 1 aromatic rings. The van der Waals surface area contributed by atoms with Gasteiger partial charge in [0.15, 0.2) is 6.17 Å². The first-order valence-corrected chi connectivity index (χ1v) is 6.32. The molecule has 1 heterocycles. The lowest BCUT2D eigenvalue weighted by Crippen LogP contribution is -2.69. The molecule has 20 heavy (non-hydrogen) atoms. The van der Waals surface area contributed by atoms with Crippen LogP contribution in [0, 0.1) is 0 Å². The number of benzene rings is 1. The first-order chi connectivity index (χ1) is 9.32. The van der Waals surface area contributed by atoms with Crippen LogP contribution in [0.25, 0.3) is 0 Å². The summed E-state index contributed by atoms with van der Waals surface area (Å²) in [6, 6.07) is 8.60. The number of quaternary nitrogens is 1. The summed E-state index contributed by atoms with van der Waals surface area (Å²) < 4.78 is 12.8. The molecule has 0 bridgehead atoms. The van der Waals surface area contributed by atoms with Crippen molar-refractivity contribution in [1.82, 2.24) is 0 Å². The van der Waals surface area contributed by atoms with Crippen LogP contribution < -0.4 is 5.11 Å². The maximum atomic E-state index is 13.8. The van der Waals surface area contributed by atoms with E-state index in [1.165, 1.54) is 6.92 Å². The summed E-state index contributed by atoms with van der Waals surface area (Å²) in [5.41, 5.74) is -1.09. The summed E-state index contributed by atoms with van der Waals surface area (Å²) in [6.45, 7) is 0.778. The minimum Gasteiger partial charge on any atom is -0.498 e. The Morgan fingerprint density at radius 3 is 2.55 bits per heavy atom. The third-order valence-corrected chi connectivity index (χ3v) is 4.18. The van der Waals surface area contributed by atoms with E-state index in [-0.39, 0.29) is 19.5 Å². The fraction of sp³-hybridized carbons (Fsp3) is 0.429. The molecule has 1 amide bonds. The van der Waals surface area contributed by atoms with Crippen molar-refractivity contribution in [1.29, 1.82) is 0 Å². The van der Waals surface area contributed by atoms with E-state index in [1.807, 2.05) is 0 Å². The Bertz CT molecular complexity index is 535. The Morgan fingerprint density at radius 2 is 2.05 bits per heavy atom. The first kappa shape index (κ1) is 14.5. The van der Waals surface area contributed by atoms with E-state index in [1.54, 1.807) is 30.3 Å². The van der Waals surface area contributed by atoms with Crippen LogP contribution in [0.15, 0.2) is 30.3 Å². The van der Waals surface area contributed by atoms with Crippen molar-refractivity contribution in [3.8, 4) is 0 Å². The van der Waals surface area contributed by atoms with Gasteiger partial charge >= 0.3 is 5.97 Å². The molecule has 1 aliphatic rings. The number of carbonyl (C=O) groups excluding carboxylic acids is 1. The number of rotatable bonds is 3. The molecule has 1 saturated heterocycles. The monoisotopic (exact) mass is 281 g/mol. The molecule has 2 rings (SSSR count). The smallest absolute Gasteiger partial charge is 0.366 e. The summed E-state index contributed by atoms with van der Waals surface area (Å²) in [7, 11) is 0. The van der Waals surface area contributed by atoms with Gasteiger partial charge < -0.3 is 15.0 Å². The van der Waals surface area contributed by atoms with Crippen LogP contribution in [0.4, 0.5) is 9.18 Å². The van der Waals surface area contributed by atoms with Gasteiger partial charge in [0.05, 0.1) is 6.42 Å². The molecule has 0 radical (unpaired) electrons. The number of likely N-dealkylation sites (tertiary alicyclic amines) is 1. The molecule has 5 nitrogen and oxygen atoms in total. The highest BCUT2D eigenvalue weighted by Crippen LogP contribution is 2.40. The average Bonchev–Trinajstić information content (AvgIpc) is 2.64. The molecule has 1 N–H and O–H groups in total. The fourth-order valence-electron chi connectivity index (χ4n) is 2.96. The van der Waals surface area contributed by atoms with Crippen LogP contribution in [-0.4, -0.2) is 39.9 Å². The number of aliphatic carboxylic acids is 1. The van der Waals surface area contributed by atoms with Gasteiger partial charge in [-0.05, 0) is 0 Å². The van der Waals surface area contributed by atoms with E-state index in [4.69, 9.17) is 0 Å². The third kappa shape index (κ3) is 2.06. The number of carbonyl (C=O) groups is 2. The zero-order valence-corrected chi connectivity index (χ0v) is 11.1. The number of amides is 1. The highest BCUT2D eigenvalue weighted by molar-refractivity contribution is 5.79. The Hall–Kier alpha value is -1.95. The maximum Gasteiger partial charge on any atom is 0.366 e. The van der Waals surface area contributed by atoms with E-state index in [2.05, 4.69) is 0 Å². The molecular formula is C14H16FNO4. The van der Waals surface area contributed by atoms with Crippen LogP contribution in [-0.2, 0) is 11.3 Å². The number of hydrogen-bond acceptors (Lipinski definition) is 3. The summed E-state index contributed by atoms with van der Waals surface area (Å²) >= 11 is 0. The number of nitrogens with zero attached hydrogens (tertiary/aromatic N) is 1. The summed E-state index contributed by atoms with van der Waals surface area (Å²) in [5.74, 6) is -1.32. The standard InChI is InChI=1S/C14H16FNO4/c1-14(12(17)18)7-11(15)9-16(14,13(19)20)8-10-5-3-2-4-6-10/h2-6,11H,7-9H2,1H3,(H-,17,18,19,20)/t11-,14-,16?/m0/s1. The van der Waals surface area contributed by atoms with Gasteiger partial charge in [0.2, 0.25) is 5.54 Å². The lowest BCUT2D eigenvalue weighted by Gasteiger charge is -2.43. The zero-order chi connectivity index (χ0) is 15.0. The number of halogens is 1. The topological polar surface area (TPSA) is 77.4 Å². The molecule has 0 aliphatic carbocycles. The number of hydrogen-bond donors (Lipinski definition) is 1. The molecule has 0 aromatic heterocycles. The molecule has 0 spiro atoms. The molecular weight excluding hydrogens is 265 g/mol. The minimum atomic E-state index is -1.73. The van der Waals surface area contributed by atoms with Gasteiger partial charge in [-0.25, -0.2) is 9.18 Å². The Balaban J connectivity index is 2.48. The predicted molar refractivity (Wildman–Crippen MR) is 66.2 cm³/mol. The third-order valence-electron chi connectivity index (χ3n) is 4.18. The lowest BCUT2D eigenvalue weighted by atomic mass is 9.95. The lowest BCUT2D eigenvalue weighted by molar-refractivity contribution is -0.914. The van der Waals surface area contributed by atoms with Crippen molar-refractivity contribution in [2.75, 3.05) is 6.54 Å². The molecule has 108 valence electrons. The first-order valence-electron chi connectivity index (χ1n) is 6.32. The van der Waals surface area contributed by atoms with E-state index >= 15 is 0 Å². The van der Waals surface area contributed by atoms with E-state index in [0.29, 0.717) is 5.56 Å². The highest BCUT2D eigenvalue weighted by Gasteiger charge is 2.62. The van der Waals surface area contributed by atoms with Gasteiger partial charge in [-0.1, -0.05) is 30.3 Å². The second-order valence-electron chi connectivity index (χ2n) is 5.44. The summed E-state index contributed by atoms with van der Waals surface area (Å²) in [5, 5.41) is 21.0. The van der Waals surface area contributed by atoms with Gasteiger partial charge in [-0.15, -0.1) is 0 Å². The molecule has 1 unspecified atom stereocenters. The Labute approximate surface area is 115 Å². The molecule has 1 aliphatic heterocycles. The molecule has 0 saturated carbocycles. The van der Waals surface area contributed by atoms with Crippen molar-refractivity contribution in [2.45, 2.75) is 31.6 Å². The minimum absolute atomic E-state index is 0.105. The molecule has 1 fully saturated rings. The van der Waals surface area contributed by atoms with Crippen LogP contribution in [0.3, 0.4) is 0 Å². The van der Waals surface area contributed by atoms with Gasteiger partial charge in [0.25, 0.3) is 6.09 Å². The largest absolute Gasteiger partial charge is 0.498 e. The molecule has 1 aromatic carbocycles. The quantitative estimate of drug-likeness (QED) is 0.836. The summed E-state index contributed by atoms with van der Waals surface area (Å²) in [6.07, 6.45) is -3.36. The van der Waals surface area contributed by atoms with Crippen molar-refractivity contribution in [3.05, 3.63) is 35.9 Å². The second kappa shape index (κ2) is 4.86. The van der Waals surface area contributed by atoms with Crippen molar-refractivity contribution in [3.63, 3.8) is 0 Å². The van der Waals surface area contributed by atoms with Crippen molar-refractivity contribution < 1.29 is 28.7 Å². The molecule has 3 atom stereocenters. The maximum absolute atomic E-state index is 13.8. The van der Waals surface area contributed by atoms with Crippen LogP contribution in [0.5, 0.6) is 0 Å². The fourth-order valence-corrected chi connectivity index (χ4v) is 2.96. The van der Waals surface area contributed by atoms with Gasteiger partial charge in [-0.3, -0.25) is 4.48 Å². The van der Waals surface area contributed by atoms with Gasteiger partial charge in [0, 0.05) is 12.5 Å². The van der Waals surface area contributed by atoms with E-state index in [9.17, 15) is 24.2 Å². The predicted octanol–water partition coefficient (Wildman–Crippen LogP) is 0.932. The summed E-state index contributed by atoms with van der Waals surface area (Å²) in [4.78, 5) is 23.1. The normalized spacial score (nSPS) is 33.0.